The molecule has 2 N–H and O–H groups in total. The summed E-state index contributed by atoms with van der Waals surface area (Å²) in [6, 6.07) is 15.6. The fourth-order valence-corrected chi connectivity index (χ4v) is 2.38. The second-order valence-electron chi connectivity index (χ2n) is 5.30. The van der Waals surface area contributed by atoms with E-state index in [1.807, 2.05) is 61.7 Å². The molecule has 6 heteroatoms. The highest BCUT2D eigenvalue weighted by molar-refractivity contribution is 5.39. The fourth-order valence-electron chi connectivity index (χ4n) is 2.38. The van der Waals surface area contributed by atoms with Crippen LogP contribution < -0.4 is 5.32 Å². The van der Waals surface area contributed by atoms with Crippen molar-refractivity contribution in [1.82, 2.24) is 20.0 Å². The molecule has 0 fully saturated rings. The zero-order valence-electron chi connectivity index (χ0n) is 12.9. The number of anilines is 1. The van der Waals surface area contributed by atoms with Gasteiger partial charge in [0, 0.05) is 12.8 Å². The molecule has 1 aromatic carbocycles. The van der Waals surface area contributed by atoms with Gasteiger partial charge < -0.3 is 10.4 Å². The molecule has 1 atom stereocenters. The van der Waals surface area contributed by atoms with Crippen LogP contribution in [0.5, 0.6) is 0 Å². The van der Waals surface area contributed by atoms with Crippen molar-refractivity contribution in [3.05, 3.63) is 66.0 Å². The molecule has 0 amide bonds. The zero-order valence-corrected chi connectivity index (χ0v) is 12.9. The molecule has 23 heavy (non-hydrogen) atoms. The Balaban J connectivity index is 1.76. The first-order chi connectivity index (χ1) is 11.3. The summed E-state index contributed by atoms with van der Waals surface area (Å²) in [7, 11) is 0. The average Bonchev–Trinajstić information content (AvgIpc) is 3.02. The SMILES string of the molecule is Cc1ccn(-c2ccc(N[C@H](CCO)c3ccccc3)nn2)n1. The lowest BCUT2D eigenvalue weighted by Crippen LogP contribution is -2.14. The Morgan fingerprint density at radius 3 is 2.52 bits per heavy atom. The average molecular weight is 309 g/mol. The maximum Gasteiger partial charge on any atom is 0.175 e. The Hall–Kier alpha value is -2.73. The molecular formula is C17H19N5O. The molecule has 2 heterocycles. The van der Waals surface area contributed by atoms with E-state index in [1.165, 1.54) is 0 Å². The van der Waals surface area contributed by atoms with Crippen LogP contribution in [0, 0.1) is 6.92 Å². The molecule has 3 rings (SSSR count). The van der Waals surface area contributed by atoms with Gasteiger partial charge in [0.05, 0.1) is 11.7 Å². The summed E-state index contributed by atoms with van der Waals surface area (Å²) in [6.45, 7) is 2.03. The van der Waals surface area contributed by atoms with Crippen LogP contribution in [0.2, 0.25) is 0 Å². The van der Waals surface area contributed by atoms with Crippen molar-refractivity contribution in [1.29, 1.82) is 0 Å². The van der Waals surface area contributed by atoms with E-state index in [0.717, 1.165) is 11.3 Å². The van der Waals surface area contributed by atoms with E-state index in [4.69, 9.17) is 0 Å². The quantitative estimate of drug-likeness (QED) is 0.731. The normalized spacial score (nSPS) is 12.1. The lowest BCUT2D eigenvalue weighted by molar-refractivity contribution is 0.280. The van der Waals surface area contributed by atoms with E-state index in [1.54, 1.807) is 4.68 Å². The lowest BCUT2D eigenvalue weighted by atomic mass is 10.0. The minimum atomic E-state index is -0.00621. The van der Waals surface area contributed by atoms with Gasteiger partial charge in [0.1, 0.15) is 5.82 Å². The van der Waals surface area contributed by atoms with Crippen molar-refractivity contribution >= 4 is 5.82 Å². The second kappa shape index (κ2) is 7.02. The standard InChI is InChI=1S/C17H19N5O/c1-13-9-11-22(21-13)17-8-7-16(19-20-17)18-15(10-12-23)14-5-3-2-4-6-14/h2-9,11,15,23H,10,12H2,1H3,(H,18,19)/t15-/m1/s1. The Morgan fingerprint density at radius 2 is 1.91 bits per heavy atom. The third-order valence-electron chi connectivity index (χ3n) is 3.55. The van der Waals surface area contributed by atoms with Gasteiger partial charge in [-0.2, -0.15) is 5.10 Å². The Morgan fingerprint density at radius 1 is 1.09 bits per heavy atom. The van der Waals surface area contributed by atoms with Crippen LogP contribution in [0.4, 0.5) is 5.82 Å². The maximum absolute atomic E-state index is 9.28. The van der Waals surface area contributed by atoms with Crippen molar-refractivity contribution < 1.29 is 5.11 Å². The van der Waals surface area contributed by atoms with Crippen LogP contribution in [0.1, 0.15) is 23.7 Å². The number of hydrogen-bond acceptors (Lipinski definition) is 5. The number of aliphatic hydroxyl groups excluding tert-OH is 1. The minimum absolute atomic E-state index is 0.00621. The number of aryl methyl sites for hydroxylation is 1. The van der Waals surface area contributed by atoms with Gasteiger partial charge in [0.2, 0.25) is 0 Å². The monoisotopic (exact) mass is 309 g/mol. The third kappa shape index (κ3) is 3.73. The molecule has 0 bridgehead atoms. The Bertz CT molecular complexity index is 739. The van der Waals surface area contributed by atoms with Crippen LogP contribution in [0.15, 0.2) is 54.7 Å². The van der Waals surface area contributed by atoms with E-state index in [0.29, 0.717) is 18.1 Å². The van der Waals surface area contributed by atoms with E-state index < -0.39 is 0 Å². The molecule has 3 aromatic rings. The molecule has 118 valence electrons. The molecule has 0 spiro atoms. The first kappa shape index (κ1) is 15.2. The van der Waals surface area contributed by atoms with Gasteiger partial charge in [-0.1, -0.05) is 30.3 Å². The van der Waals surface area contributed by atoms with Crippen LogP contribution in [0.3, 0.4) is 0 Å². The molecule has 6 nitrogen and oxygen atoms in total. The summed E-state index contributed by atoms with van der Waals surface area (Å²) in [5, 5.41) is 25.3. The summed E-state index contributed by atoms with van der Waals surface area (Å²) in [6.07, 6.45) is 2.46. The van der Waals surface area contributed by atoms with E-state index >= 15 is 0 Å². The van der Waals surface area contributed by atoms with Crippen LogP contribution in [0.25, 0.3) is 5.82 Å². The van der Waals surface area contributed by atoms with E-state index in [9.17, 15) is 5.11 Å². The zero-order chi connectivity index (χ0) is 16.1. The maximum atomic E-state index is 9.28. The first-order valence-electron chi connectivity index (χ1n) is 7.55. The Labute approximate surface area is 134 Å². The molecule has 0 aliphatic carbocycles. The predicted molar refractivity (Wildman–Crippen MR) is 88.4 cm³/mol. The number of nitrogens with one attached hydrogen (secondary N) is 1. The van der Waals surface area contributed by atoms with Gasteiger partial charge in [-0.3, -0.25) is 0 Å². The van der Waals surface area contributed by atoms with Gasteiger partial charge in [-0.15, -0.1) is 10.2 Å². The molecule has 0 radical (unpaired) electrons. The second-order valence-corrected chi connectivity index (χ2v) is 5.30. The first-order valence-corrected chi connectivity index (χ1v) is 7.55. The predicted octanol–water partition coefficient (Wildman–Crippen LogP) is 2.51. The van der Waals surface area contributed by atoms with Crippen molar-refractivity contribution in [2.45, 2.75) is 19.4 Å². The van der Waals surface area contributed by atoms with Crippen molar-refractivity contribution in [2.24, 2.45) is 0 Å². The Kier molecular flexibility index (Phi) is 4.63. The highest BCUT2D eigenvalue weighted by Crippen LogP contribution is 2.21. The summed E-state index contributed by atoms with van der Waals surface area (Å²) in [5.41, 5.74) is 2.04. The molecule has 0 aliphatic heterocycles. The van der Waals surface area contributed by atoms with Gasteiger partial charge in [0.15, 0.2) is 5.82 Å². The van der Waals surface area contributed by atoms with Crippen molar-refractivity contribution in [3.8, 4) is 5.82 Å². The number of aliphatic hydroxyl groups is 1. The summed E-state index contributed by atoms with van der Waals surface area (Å²) >= 11 is 0. The van der Waals surface area contributed by atoms with Gasteiger partial charge in [0.25, 0.3) is 0 Å². The molecule has 0 unspecified atom stereocenters. The molecule has 0 saturated heterocycles. The smallest absolute Gasteiger partial charge is 0.175 e. The largest absolute Gasteiger partial charge is 0.396 e. The van der Waals surface area contributed by atoms with E-state index in [2.05, 4.69) is 20.6 Å². The van der Waals surface area contributed by atoms with E-state index in [-0.39, 0.29) is 12.6 Å². The van der Waals surface area contributed by atoms with Crippen molar-refractivity contribution in [2.75, 3.05) is 11.9 Å². The molecule has 0 aliphatic rings. The number of nitrogens with zero attached hydrogens (tertiary/aromatic N) is 4. The highest BCUT2D eigenvalue weighted by atomic mass is 16.3. The van der Waals surface area contributed by atoms with Gasteiger partial charge in [-0.05, 0) is 37.1 Å². The van der Waals surface area contributed by atoms with Gasteiger partial charge in [-0.25, -0.2) is 4.68 Å². The number of hydrogen-bond donors (Lipinski definition) is 2. The van der Waals surface area contributed by atoms with Crippen LogP contribution in [-0.2, 0) is 0 Å². The lowest BCUT2D eigenvalue weighted by Gasteiger charge is -2.18. The molecule has 0 saturated carbocycles. The number of rotatable bonds is 6. The summed E-state index contributed by atoms with van der Waals surface area (Å²) in [5.74, 6) is 1.34. The molecular weight excluding hydrogens is 290 g/mol. The summed E-state index contributed by atoms with van der Waals surface area (Å²) in [4.78, 5) is 0. The summed E-state index contributed by atoms with van der Waals surface area (Å²) < 4.78 is 1.69. The highest BCUT2D eigenvalue weighted by Gasteiger charge is 2.11. The van der Waals surface area contributed by atoms with Crippen LogP contribution >= 0.6 is 0 Å². The molecule has 2 aromatic heterocycles. The fraction of sp³-hybridized carbons (Fsp3) is 0.235. The minimum Gasteiger partial charge on any atom is -0.396 e. The third-order valence-corrected chi connectivity index (χ3v) is 3.55. The van der Waals surface area contributed by atoms with Crippen LogP contribution in [-0.4, -0.2) is 31.7 Å². The number of benzene rings is 1. The number of aromatic nitrogens is 4. The van der Waals surface area contributed by atoms with Crippen molar-refractivity contribution in [3.63, 3.8) is 0 Å². The van der Waals surface area contributed by atoms with Gasteiger partial charge >= 0.3 is 0 Å². The topological polar surface area (TPSA) is 75.9 Å².